The number of para-hydroxylation sites is 1. The normalized spacial score (nSPS) is 10.8. The first kappa shape index (κ1) is 15.7. The summed E-state index contributed by atoms with van der Waals surface area (Å²) >= 11 is 0. The lowest BCUT2D eigenvalue weighted by molar-refractivity contribution is -0.152. The molecule has 0 spiro atoms. The highest BCUT2D eigenvalue weighted by Gasteiger charge is 2.17. The third kappa shape index (κ3) is 4.72. The van der Waals surface area contributed by atoms with Crippen molar-refractivity contribution < 1.29 is 14.3 Å². The molecular formula is C14H19N3O3. The highest BCUT2D eigenvalue weighted by atomic mass is 16.6. The second kappa shape index (κ2) is 6.18. The molecule has 0 bridgehead atoms. The molecule has 0 fully saturated rings. The van der Waals surface area contributed by atoms with Gasteiger partial charge >= 0.3 is 5.97 Å². The van der Waals surface area contributed by atoms with Crippen molar-refractivity contribution in [1.82, 2.24) is 0 Å². The molecule has 1 aromatic carbocycles. The lowest BCUT2D eigenvalue weighted by atomic mass is 10.1. The Balaban J connectivity index is 2.76. The van der Waals surface area contributed by atoms with Gasteiger partial charge in [-0.2, -0.15) is 0 Å². The molecule has 0 radical (unpaired) electrons. The van der Waals surface area contributed by atoms with E-state index in [-0.39, 0.29) is 12.3 Å². The Hall–Kier alpha value is -2.37. The molecule has 0 saturated heterocycles. The van der Waals surface area contributed by atoms with Crippen LogP contribution < -0.4 is 11.1 Å². The summed E-state index contributed by atoms with van der Waals surface area (Å²) in [5.41, 5.74) is 5.07. The number of nitrogens with one attached hydrogen (secondary N) is 2. The molecule has 20 heavy (non-hydrogen) atoms. The van der Waals surface area contributed by atoms with Crippen LogP contribution in [0.15, 0.2) is 24.3 Å². The van der Waals surface area contributed by atoms with E-state index in [1.807, 2.05) is 0 Å². The highest BCUT2D eigenvalue weighted by molar-refractivity contribution is 6.44. The lowest BCUT2D eigenvalue weighted by Gasteiger charge is -2.20. The number of benzene rings is 1. The maximum Gasteiger partial charge on any atom is 0.325 e. The van der Waals surface area contributed by atoms with E-state index in [4.69, 9.17) is 15.9 Å². The monoisotopic (exact) mass is 277 g/mol. The Kier molecular flexibility index (Phi) is 4.85. The van der Waals surface area contributed by atoms with Crippen molar-refractivity contribution in [3.8, 4) is 0 Å². The van der Waals surface area contributed by atoms with Gasteiger partial charge < -0.3 is 15.8 Å². The van der Waals surface area contributed by atoms with Crippen LogP contribution in [0.5, 0.6) is 0 Å². The molecule has 1 aromatic rings. The number of esters is 1. The number of hydrogen-bond donors (Lipinski definition) is 3. The van der Waals surface area contributed by atoms with Gasteiger partial charge in [0, 0.05) is 11.3 Å². The fourth-order valence-corrected chi connectivity index (χ4v) is 1.53. The van der Waals surface area contributed by atoms with Gasteiger partial charge in [-0.1, -0.05) is 18.2 Å². The lowest BCUT2D eigenvalue weighted by Crippen LogP contribution is -2.29. The summed E-state index contributed by atoms with van der Waals surface area (Å²) in [6.07, 6.45) is 0. The molecule has 6 heteroatoms. The Bertz CT molecular complexity index is 533. The first-order chi connectivity index (χ1) is 9.20. The van der Waals surface area contributed by atoms with Gasteiger partial charge in [0.25, 0.3) is 5.91 Å². The fraction of sp³-hybridized carbons (Fsp3) is 0.357. The molecule has 1 amide bonds. The summed E-state index contributed by atoms with van der Waals surface area (Å²) in [7, 11) is 0. The van der Waals surface area contributed by atoms with Crippen LogP contribution in [0.1, 0.15) is 26.3 Å². The van der Waals surface area contributed by atoms with Crippen molar-refractivity contribution in [3.63, 3.8) is 0 Å². The van der Waals surface area contributed by atoms with E-state index in [2.05, 4.69) is 5.32 Å². The first-order valence-corrected chi connectivity index (χ1v) is 6.14. The van der Waals surface area contributed by atoms with Gasteiger partial charge in [-0.15, -0.1) is 0 Å². The number of rotatable bonds is 5. The van der Waals surface area contributed by atoms with Crippen LogP contribution in [0.25, 0.3) is 0 Å². The number of hydrogen-bond acceptors (Lipinski definition) is 5. The molecule has 0 heterocycles. The van der Waals surface area contributed by atoms with Gasteiger partial charge in [0.15, 0.2) is 0 Å². The Morgan fingerprint density at radius 2 is 1.90 bits per heavy atom. The molecule has 0 aliphatic rings. The van der Waals surface area contributed by atoms with E-state index in [1.165, 1.54) is 0 Å². The zero-order valence-electron chi connectivity index (χ0n) is 11.8. The van der Waals surface area contributed by atoms with Gasteiger partial charge in [0.2, 0.25) is 0 Å². The number of anilines is 1. The van der Waals surface area contributed by atoms with E-state index in [0.29, 0.717) is 11.3 Å². The third-order valence-electron chi connectivity index (χ3n) is 2.29. The molecule has 0 aliphatic carbocycles. The van der Waals surface area contributed by atoms with Crippen LogP contribution in [0, 0.1) is 5.41 Å². The summed E-state index contributed by atoms with van der Waals surface area (Å²) in [5, 5.41) is 10.5. The van der Waals surface area contributed by atoms with E-state index in [9.17, 15) is 9.59 Å². The van der Waals surface area contributed by atoms with Crippen LogP contribution in [0.2, 0.25) is 0 Å². The number of primary amides is 1. The molecule has 1 rings (SSSR count). The zero-order valence-corrected chi connectivity index (χ0v) is 11.8. The predicted octanol–water partition coefficient (Wildman–Crippen LogP) is 1.29. The summed E-state index contributed by atoms with van der Waals surface area (Å²) in [6.45, 7) is 5.28. The largest absolute Gasteiger partial charge is 0.459 e. The van der Waals surface area contributed by atoms with Crippen LogP contribution >= 0.6 is 0 Å². The molecule has 0 unspecified atom stereocenters. The quantitative estimate of drug-likeness (QED) is 0.557. The number of ether oxygens (including phenoxy) is 1. The van der Waals surface area contributed by atoms with E-state index in [0.717, 1.165) is 0 Å². The van der Waals surface area contributed by atoms with Crippen molar-refractivity contribution in [2.75, 3.05) is 11.9 Å². The van der Waals surface area contributed by atoms with Crippen molar-refractivity contribution in [2.45, 2.75) is 26.4 Å². The summed E-state index contributed by atoms with van der Waals surface area (Å²) in [6, 6.07) is 6.67. The number of carbonyl (C=O) groups excluding carboxylic acids is 2. The second-order valence-corrected chi connectivity index (χ2v) is 5.22. The van der Waals surface area contributed by atoms with E-state index >= 15 is 0 Å². The van der Waals surface area contributed by atoms with Crippen molar-refractivity contribution in [1.29, 1.82) is 5.41 Å². The highest BCUT2D eigenvalue weighted by Crippen LogP contribution is 2.15. The SMILES string of the molecule is CC(C)(C)OC(=O)CNc1ccccc1C(=N)C(N)=O. The maximum atomic E-state index is 11.6. The van der Waals surface area contributed by atoms with Gasteiger partial charge in [0.1, 0.15) is 17.9 Å². The maximum absolute atomic E-state index is 11.6. The van der Waals surface area contributed by atoms with Crippen LogP contribution in [-0.4, -0.2) is 29.7 Å². The minimum atomic E-state index is -0.823. The summed E-state index contributed by atoms with van der Waals surface area (Å²) in [4.78, 5) is 22.7. The van der Waals surface area contributed by atoms with Gasteiger partial charge in [-0.3, -0.25) is 15.0 Å². The van der Waals surface area contributed by atoms with Crippen molar-refractivity contribution in [3.05, 3.63) is 29.8 Å². The molecule has 0 atom stereocenters. The average molecular weight is 277 g/mol. The molecule has 6 nitrogen and oxygen atoms in total. The summed E-state index contributed by atoms with van der Waals surface area (Å²) in [5.74, 6) is -1.24. The van der Waals surface area contributed by atoms with Gasteiger partial charge in [0.05, 0.1) is 0 Å². The number of amides is 1. The topological polar surface area (TPSA) is 105 Å². The Morgan fingerprint density at radius 3 is 2.45 bits per heavy atom. The van der Waals surface area contributed by atoms with Crippen molar-refractivity contribution in [2.24, 2.45) is 5.73 Å². The smallest absolute Gasteiger partial charge is 0.325 e. The molecule has 108 valence electrons. The Morgan fingerprint density at radius 1 is 1.30 bits per heavy atom. The van der Waals surface area contributed by atoms with Crippen LogP contribution in [0.3, 0.4) is 0 Å². The first-order valence-electron chi connectivity index (χ1n) is 6.14. The minimum Gasteiger partial charge on any atom is -0.459 e. The Labute approximate surface area is 117 Å². The summed E-state index contributed by atoms with van der Waals surface area (Å²) < 4.78 is 5.16. The third-order valence-corrected chi connectivity index (χ3v) is 2.29. The van der Waals surface area contributed by atoms with Crippen LogP contribution in [0.4, 0.5) is 5.69 Å². The average Bonchev–Trinajstić information content (AvgIpc) is 2.33. The molecule has 0 aliphatic heterocycles. The fourth-order valence-electron chi connectivity index (χ4n) is 1.53. The van der Waals surface area contributed by atoms with E-state index < -0.39 is 17.5 Å². The standard InChI is InChI=1S/C14H19N3O3/c1-14(2,3)20-11(18)8-17-10-7-5-4-6-9(10)12(15)13(16)19/h4-7,15,17H,8H2,1-3H3,(H2,16,19). The van der Waals surface area contributed by atoms with Crippen LogP contribution in [-0.2, 0) is 14.3 Å². The van der Waals surface area contributed by atoms with Gasteiger partial charge in [-0.25, -0.2) is 0 Å². The number of carbonyl (C=O) groups is 2. The van der Waals surface area contributed by atoms with Crippen molar-refractivity contribution >= 4 is 23.3 Å². The zero-order chi connectivity index (χ0) is 15.3. The van der Waals surface area contributed by atoms with E-state index in [1.54, 1.807) is 45.0 Å². The minimum absolute atomic E-state index is 0.0552. The predicted molar refractivity (Wildman–Crippen MR) is 76.8 cm³/mol. The molecule has 4 N–H and O–H groups in total. The van der Waals surface area contributed by atoms with Gasteiger partial charge in [-0.05, 0) is 26.8 Å². The molecule has 0 saturated carbocycles. The molecule has 0 aromatic heterocycles. The number of nitrogens with two attached hydrogens (primary N) is 1. The molecular weight excluding hydrogens is 258 g/mol. The second-order valence-electron chi connectivity index (χ2n) is 5.22.